The number of hydrogen-bond donors (Lipinski definition) is 1. The van der Waals surface area contributed by atoms with Crippen molar-refractivity contribution >= 4 is 0 Å². The van der Waals surface area contributed by atoms with Crippen LogP contribution >= 0.6 is 0 Å². The van der Waals surface area contributed by atoms with E-state index in [0.29, 0.717) is 13.2 Å². The Balaban J connectivity index is 2.33. The van der Waals surface area contributed by atoms with Gasteiger partial charge in [-0.1, -0.05) is 0 Å². The topological polar surface area (TPSA) is 49.4 Å². The monoisotopic (exact) mass is 117 g/mol. The summed E-state index contributed by atoms with van der Waals surface area (Å²) in [4.78, 5) is 0. The fourth-order valence-electron chi connectivity index (χ4n) is 0.690. The van der Waals surface area contributed by atoms with Crippen LogP contribution in [0.2, 0.25) is 0 Å². The molecule has 0 spiro atoms. The third-order valence-corrected chi connectivity index (χ3v) is 1.27. The van der Waals surface area contributed by atoms with Gasteiger partial charge in [0.15, 0.2) is 0 Å². The van der Waals surface area contributed by atoms with Gasteiger partial charge in [-0.25, -0.2) is 0 Å². The van der Waals surface area contributed by atoms with E-state index in [4.69, 9.17) is 9.84 Å². The van der Waals surface area contributed by atoms with Crippen LogP contribution in [0.3, 0.4) is 0 Å². The smallest absolute Gasteiger partial charge is 0.203 e. The van der Waals surface area contributed by atoms with Gasteiger partial charge in [0.1, 0.15) is 0 Å². The molecule has 1 heterocycles. The molecule has 1 rings (SSSR count). The van der Waals surface area contributed by atoms with Crippen molar-refractivity contribution in [3.05, 3.63) is 0 Å². The SMILES string of the molecule is [O]C1(O)CCOCC1. The Morgan fingerprint density at radius 2 is 1.88 bits per heavy atom. The fraction of sp³-hybridized carbons (Fsp3) is 1.00. The van der Waals surface area contributed by atoms with Crippen molar-refractivity contribution in [1.82, 2.24) is 0 Å². The zero-order valence-electron chi connectivity index (χ0n) is 4.59. The highest BCUT2D eigenvalue weighted by atomic mass is 16.5. The average Bonchev–Trinajstić information content (AvgIpc) is 1.65. The van der Waals surface area contributed by atoms with Crippen LogP contribution in [0.25, 0.3) is 0 Å². The quantitative estimate of drug-likeness (QED) is 0.451. The van der Waals surface area contributed by atoms with Crippen LogP contribution in [0, 0.1) is 0 Å². The van der Waals surface area contributed by atoms with Crippen LogP contribution in [0.4, 0.5) is 0 Å². The van der Waals surface area contributed by atoms with E-state index in [1.807, 2.05) is 0 Å². The molecule has 1 fully saturated rings. The number of hydrogen-bond acceptors (Lipinski definition) is 2. The molecule has 0 aromatic carbocycles. The minimum Gasteiger partial charge on any atom is -0.381 e. The lowest BCUT2D eigenvalue weighted by Gasteiger charge is -2.23. The molecular formula is C5H9O3. The van der Waals surface area contributed by atoms with Crippen molar-refractivity contribution in [1.29, 1.82) is 0 Å². The maximum atomic E-state index is 10.6. The van der Waals surface area contributed by atoms with E-state index in [0.717, 1.165) is 0 Å². The van der Waals surface area contributed by atoms with E-state index in [9.17, 15) is 5.11 Å². The van der Waals surface area contributed by atoms with Crippen molar-refractivity contribution in [3.63, 3.8) is 0 Å². The molecule has 0 bridgehead atoms. The molecule has 0 atom stereocenters. The molecule has 1 N–H and O–H groups in total. The molecule has 1 aliphatic heterocycles. The predicted molar refractivity (Wildman–Crippen MR) is 25.7 cm³/mol. The van der Waals surface area contributed by atoms with Crippen LogP contribution in [0.1, 0.15) is 12.8 Å². The maximum Gasteiger partial charge on any atom is 0.203 e. The van der Waals surface area contributed by atoms with E-state index >= 15 is 0 Å². The molecule has 0 amide bonds. The molecule has 0 saturated carbocycles. The summed E-state index contributed by atoms with van der Waals surface area (Å²) in [5.41, 5.74) is 0. The Labute approximate surface area is 47.9 Å². The van der Waals surface area contributed by atoms with Crippen molar-refractivity contribution in [2.24, 2.45) is 0 Å². The summed E-state index contributed by atoms with van der Waals surface area (Å²) in [6.07, 6.45) is 0.458. The molecule has 0 unspecified atom stereocenters. The van der Waals surface area contributed by atoms with Crippen LogP contribution in [0.5, 0.6) is 0 Å². The van der Waals surface area contributed by atoms with Gasteiger partial charge >= 0.3 is 0 Å². The molecule has 3 heteroatoms. The first-order chi connectivity index (χ1) is 3.71. The van der Waals surface area contributed by atoms with E-state index in [2.05, 4.69) is 0 Å². The van der Waals surface area contributed by atoms with Crippen LogP contribution in [-0.4, -0.2) is 24.1 Å². The minimum atomic E-state index is -1.70. The van der Waals surface area contributed by atoms with Gasteiger partial charge < -0.3 is 9.84 Å². The van der Waals surface area contributed by atoms with E-state index in [-0.39, 0.29) is 12.8 Å². The summed E-state index contributed by atoms with van der Waals surface area (Å²) in [6, 6.07) is 0. The summed E-state index contributed by atoms with van der Waals surface area (Å²) in [5, 5.41) is 19.3. The molecule has 1 saturated heterocycles. The number of ether oxygens (including phenoxy) is 1. The lowest BCUT2D eigenvalue weighted by Crippen LogP contribution is -2.33. The highest BCUT2D eigenvalue weighted by molar-refractivity contribution is 4.66. The second-order valence-corrected chi connectivity index (χ2v) is 2.06. The zero-order valence-corrected chi connectivity index (χ0v) is 4.59. The van der Waals surface area contributed by atoms with Gasteiger partial charge in [-0.3, -0.25) is 0 Å². The Bertz CT molecular complexity index is 71.7. The van der Waals surface area contributed by atoms with Crippen LogP contribution in [0.15, 0.2) is 0 Å². The predicted octanol–water partition coefficient (Wildman–Crippen LogP) is -0.0841. The fourth-order valence-corrected chi connectivity index (χ4v) is 0.690. The van der Waals surface area contributed by atoms with E-state index in [1.54, 1.807) is 0 Å². The summed E-state index contributed by atoms with van der Waals surface area (Å²) in [7, 11) is 0. The molecule has 1 aliphatic rings. The molecule has 8 heavy (non-hydrogen) atoms. The third-order valence-electron chi connectivity index (χ3n) is 1.27. The molecule has 47 valence electrons. The average molecular weight is 117 g/mol. The van der Waals surface area contributed by atoms with Gasteiger partial charge in [-0.15, -0.1) is 0 Å². The lowest BCUT2D eigenvalue weighted by molar-refractivity contribution is -0.242. The van der Waals surface area contributed by atoms with Crippen molar-refractivity contribution < 1.29 is 14.9 Å². The highest BCUT2D eigenvalue weighted by Gasteiger charge is 2.27. The third kappa shape index (κ3) is 1.43. The standard InChI is InChI=1S/C5H9O3/c6-5(7)1-3-8-4-2-5/h6H,1-4H2. The number of aliphatic hydroxyl groups is 1. The van der Waals surface area contributed by atoms with Crippen LogP contribution < -0.4 is 0 Å². The normalized spacial score (nSPS) is 27.8. The van der Waals surface area contributed by atoms with Crippen molar-refractivity contribution in [2.45, 2.75) is 18.6 Å². The van der Waals surface area contributed by atoms with Crippen LogP contribution in [-0.2, 0) is 9.84 Å². The first kappa shape index (κ1) is 6.01. The van der Waals surface area contributed by atoms with Gasteiger partial charge in [0.05, 0.1) is 13.2 Å². The van der Waals surface area contributed by atoms with Gasteiger partial charge in [0.2, 0.25) is 5.79 Å². The molecule has 0 aliphatic carbocycles. The summed E-state index contributed by atoms with van der Waals surface area (Å²) in [6.45, 7) is 0.806. The zero-order chi connectivity index (χ0) is 6.04. The maximum absolute atomic E-state index is 10.6. The molecule has 0 aromatic rings. The number of rotatable bonds is 0. The Morgan fingerprint density at radius 1 is 1.38 bits per heavy atom. The van der Waals surface area contributed by atoms with Crippen molar-refractivity contribution in [3.8, 4) is 0 Å². The van der Waals surface area contributed by atoms with Gasteiger partial charge in [-0.2, -0.15) is 5.11 Å². The van der Waals surface area contributed by atoms with Crippen molar-refractivity contribution in [2.75, 3.05) is 13.2 Å². The van der Waals surface area contributed by atoms with E-state index in [1.165, 1.54) is 0 Å². The molecular weight excluding hydrogens is 108 g/mol. The second-order valence-electron chi connectivity index (χ2n) is 2.06. The second kappa shape index (κ2) is 2.01. The summed E-state index contributed by atoms with van der Waals surface area (Å²) >= 11 is 0. The molecule has 3 nitrogen and oxygen atoms in total. The first-order valence-corrected chi connectivity index (χ1v) is 2.71. The summed E-state index contributed by atoms with van der Waals surface area (Å²) in [5.74, 6) is -1.70. The lowest BCUT2D eigenvalue weighted by atomic mass is 10.1. The molecule has 1 radical (unpaired) electrons. The van der Waals surface area contributed by atoms with E-state index < -0.39 is 5.79 Å². The van der Waals surface area contributed by atoms with Gasteiger partial charge in [0.25, 0.3) is 0 Å². The van der Waals surface area contributed by atoms with Gasteiger partial charge in [-0.05, 0) is 0 Å². The highest BCUT2D eigenvalue weighted by Crippen LogP contribution is 2.16. The Kier molecular flexibility index (Phi) is 1.51. The largest absolute Gasteiger partial charge is 0.381 e. The Morgan fingerprint density at radius 3 is 2.12 bits per heavy atom. The minimum absolute atomic E-state index is 0.229. The molecule has 0 aromatic heterocycles. The Hall–Kier alpha value is -0.120. The van der Waals surface area contributed by atoms with Gasteiger partial charge in [0, 0.05) is 12.8 Å². The summed E-state index contributed by atoms with van der Waals surface area (Å²) < 4.78 is 4.85. The first-order valence-electron chi connectivity index (χ1n) is 2.71.